The molecule has 0 aliphatic rings. The molecule has 6 heteroatoms. The van der Waals surface area contributed by atoms with Crippen LogP contribution in [0.25, 0.3) is 0 Å². The van der Waals surface area contributed by atoms with Crippen molar-refractivity contribution in [2.75, 3.05) is 13.2 Å². The van der Waals surface area contributed by atoms with E-state index in [1.54, 1.807) is 24.1 Å². The third kappa shape index (κ3) is 6.97. The monoisotopic (exact) mass is 388 g/mol. The molecule has 0 spiro atoms. The van der Waals surface area contributed by atoms with Crippen LogP contribution in [-0.4, -0.2) is 33.5 Å². The van der Waals surface area contributed by atoms with Gasteiger partial charge in [0.1, 0.15) is 0 Å². The van der Waals surface area contributed by atoms with Crippen LogP contribution in [0.3, 0.4) is 0 Å². The van der Waals surface area contributed by atoms with Gasteiger partial charge in [0.2, 0.25) is 0 Å². The zero-order valence-corrected chi connectivity index (χ0v) is 17.0. The van der Waals surface area contributed by atoms with E-state index in [2.05, 4.69) is 43.3 Å². The van der Waals surface area contributed by atoms with Gasteiger partial charge in [0.15, 0.2) is 0 Å². The van der Waals surface area contributed by atoms with E-state index in [1.165, 1.54) is 23.3 Å². The molecule has 1 unspecified atom stereocenters. The van der Waals surface area contributed by atoms with Crippen molar-refractivity contribution < 1.29 is 10.0 Å². The molecule has 0 radical (unpaired) electrons. The van der Waals surface area contributed by atoms with E-state index in [-0.39, 0.29) is 23.3 Å². The number of non-ortho nitro benzene ring substituents is 1. The summed E-state index contributed by atoms with van der Waals surface area (Å²) in [6, 6.07) is 14.9. The Morgan fingerprint density at radius 2 is 1.89 bits per heavy atom. The lowest BCUT2D eigenvalue weighted by Crippen LogP contribution is -2.35. The molecule has 0 fully saturated rings. The van der Waals surface area contributed by atoms with Crippen LogP contribution < -0.4 is 0 Å². The maximum atomic E-state index is 10.9. The highest BCUT2D eigenvalue weighted by Crippen LogP contribution is 2.29. The Kier molecular flexibility index (Phi) is 8.28. The Morgan fingerprint density at radius 1 is 1.19 bits per heavy atom. The lowest BCUT2D eigenvalue weighted by atomic mass is 10.0. The molecule has 0 aromatic heterocycles. The van der Waals surface area contributed by atoms with Crippen molar-refractivity contribution in [3.63, 3.8) is 0 Å². The number of hydrogen-bond acceptors (Lipinski definition) is 5. The molecule has 5 nitrogen and oxygen atoms in total. The Balaban J connectivity index is 2.16. The van der Waals surface area contributed by atoms with Crippen molar-refractivity contribution in [3.8, 4) is 0 Å². The van der Waals surface area contributed by atoms with Crippen LogP contribution in [0.15, 0.2) is 53.4 Å². The molecular formula is C21H28N2O3S. The van der Waals surface area contributed by atoms with E-state index in [4.69, 9.17) is 0 Å². The number of benzene rings is 2. The fraction of sp³-hybridized carbons (Fsp3) is 0.429. The topological polar surface area (TPSA) is 66.6 Å². The highest BCUT2D eigenvalue weighted by atomic mass is 32.2. The van der Waals surface area contributed by atoms with Gasteiger partial charge >= 0.3 is 0 Å². The Labute approximate surface area is 165 Å². The second-order valence-electron chi connectivity index (χ2n) is 7.20. The summed E-state index contributed by atoms with van der Waals surface area (Å²) in [4.78, 5) is 11.4. The summed E-state index contributed by atoms with van der Waals surface area (Å²) >= 11 is 1.56. The van der Waals surface area contributed by atoms with Crippen LogP contribution in [0, 0.1) is 23.0 Å². The van der Waals surface area contributed by atoms with Crippen LogP contribution in [0.5, 0.6) is 0 Å². The van der Waals surface area contributed by atoms with E-state index in [1.807, 2.05) is 6.07 Å². The fourth-order valence-electron chi connectivity index (χ4n) is 2.82. The molecule has 2 aromatic carbocycles. The number of rotatable bonds is 10. The average molecular weight is 389 g/mol. The molecule has 0 aliphatic carbocycles. The first-order valence-electron chi connectivity index (χ1n) is 9.24. The molecule has 0 amide bonds. The fourth-order valence-corrected chi connectivity index (χ4v) is 3.84. The minimum absolute atomic E-state index is 0.0225. The van der Waals surface area contributed by atoms with Gasteiger partial charge in [-0.3, -0.25) is 10.1 Å². The molecule has 146 valence electrons. The predicted octanol–water partition coefficient (Wildman–Crippen LogP) is 4.86. The molecule has 2 aromatic rings. The molecule has 1 atom stereocenters. The number of aliphatic hydroxyl groups excluding tert-OH is 1. The number of aliphatic hydroxyl groups is 1. The zero-order chi connectivity index (χ0) is 19.8. The molecule has 0 saturated heterocycles. The standard InChI is InChI=1S/C21H28N2O3S/c1-16(2)11-12-22(27-21-9-7-19(8-10-21)23(25)26)20(15-24)14-18-6-4-5-17(3)13-18/h4-10,13,16,20,24H,11-12,14-15H2,1-3H3. The van der Waals surface area contributed by atoms with Crippen molar-refractivity contribution >= 4 is 17.6 Å². The summed E-state index contributed by atoms with van der Waals surface area (Å²) in [5.41, 5.74) is 2.50. The average Bonchev–Trinajstić information content (AvgIpc) is 2.63. The summed E-state index contributed by atoms with van der Waals surface area (Å²) in [5.74, 6) is 0.559. The van der Waals surface area contributed by atoms with Crippen LogP contribution in [-0.2, 0) is 6.42 Å². The van der Waals surface area contributed by atoms with Crippen LogP contribution in [0.2, 0.25) is 0 Å². The number of hydrogen-bond donors (Lipinski definition) is 1. The SMILES string of the molecule is Cc1cccc(CC(CO)N(CCC(C)C)Sc2ccc([N+](=O)[O-])cc2)c1. The summed E-state index contributed by atoms with van der Waals surface area (Å²) < 4.78 is 2.21. The summed E-state index contributed by atoms with van der Waals surface area (Å²) in [7, 11) is 0. The molecule has 0 heterocycles. The third-order valence-corrected chi connectivity index (χ3v) is 5.57. The largest absolute Gasteiger partial charge is 0.395 e. The first-order valence-corrected chi connectivity index (χ1v) is 10.0. The normalized spacial score (nSPS) is 12.5. The molecular weight excluding hydrogens is 360 g/mol. The lowest BCUT2D eigenvalue weighted by Gasteiger charge is -2.30. The lowest BCUT2D eigenvalue weighted by molar-refractivity contribution is -0.384. The smallest absolute Gasteiger partial charge is 0.269 e. The highest BCUT2D eigenvalue weighted by Gasteiger charge is 2.20. The van der Waals surface area contributed by atoms with Crippen LogP contribution in [0.1, 0.15) is 31.4 Å². The second-order valence-corrected chi connectivity index (χ2v) is 8.32. The summed E-state index contributed by atoms with van der Waals surface area (Å²) in [6.07, 6.45) is 1.78. The van der Waals surface area contributed by atoms with E-state index < -0.39 is 0 Å². The minimum atomic E-state index is -0.390. The molecule has 1 N–H and O–H groups in total. The van der Waals surface area contributed by atoms with Gasteiger partial charge in [-0.25, -0.2) is 4.31 Å². The van der Waals surface area contributed by atoms with Gasteiger partial charge in [0.25, 0.3) is 5.69 Å². The number of nitrogens with zero attached hydrogens (tertiary/aromatic N) is 2. The van der Waals surface area contributed by atoms with Crippen molar-refractivity contribution in [1.29, 1.82) is 0 Å². The van der Waals surface area contributed by atoms with Crippen LogP contribution in [0.4, 0.5) is 5.69 Å². The molecule has 2 rings (SSSR count). The second kappa shape index (κ2) is 10.4. The molecule has 0 bridgehead atoms. The van der Waals surface area contributed by atoms with E-state index in [9.17, 15) is 15.2 Å². The van der Waals surface area contributed by atoms with E-state index in [0.29, 0.717) is 5.92 Å². The van der Waals surface area contributed by atoms with Crippen LogP contribution >= 0.6 is 11.9 Å². The molecule has 0 saturated carbocycles. The Morgan fingerprint density at radius 3 is 2.44 bits per heavy atom. The highest BCUT2D eigenvalue weighted by molar-refractivity contribution is 7.97. The van der Waals surface area contributed by atoms with E-state index in [0.717, 1.165) is 24.3 Å². The van der Waals surface area contributed by atoms with E-state index >= 15 is 0 Å². The van der Waals surface area contributed by atoms with Gasteiger partial charge in [-0.2, -0.15) is 0 Å². The number of aryl methyl sites for hydroxylation is 1. The molecule has 27 heavy (non-hydrogen) atoms. The van der Waals surface area contributed by atoms with Crippen molar-refractivity contribution in [2.24, 2.45) is 5.92 Å². The number of nitro benzene ring substituents is 1. The van der Waals surface area contributed by atoms with Gasteiger partial charge in [0.05, 0.1) is 11.5 Å². The first kappa shape index (κ1) is 21.4. The van der Waals surface area contributed by atoms with Crippen molar-refractivity contribution in [2.45, 2.75) is 44.6 Å². The maximum absolute atomic E-state index is 10.9. The Hall–Kier alpha value is -1.89. The van der Waals surface area contributed by atoms with Gasteiger partial charge < -0.3 is 5.11 Å². The van der Waals surface area contributed by atoms with Gasteiger partial charge in [0, 0.05) is 29.6 Å². The summed E-state index contributed by atoms with van der Waals surface area (Å²) in [6.45, 7) is 7.34. The predicted molar refractivity (Wildman–Crippen MR) is 111 cm³/mol. The maximum Gasteiger partial charge on any atom is 0.269 e. The van der Waals surface area contributed by atoms with Gasteiger partial charge in [-0.1, -0.05) is 43.7 Å². The van der Waals surface area contributed by atoms with Crippen molar-refractivity contribution in [3.05, 3.63) is 69.8 Å². The van der Waals surface area contributed by atoms with Crippen molar-refractivity contribution in [1.82, 2.24) is 4.31 Å². The Bertz CT molecular complexity index is 734. The first-order chi connectivity index (χ1) is 12.9. The third-order valence-electron chi connectivity index (χ3n) is 4.37. The zero-order valence-electron chi connectivity index (χ0n) is 16.2. The minimum Gasteiger partial charge on any atom is -0.395 e. The number of nitro groups is 1. The summed E-state index contributed by atoms with van der Waals surface area (Å²) in [5, 5.41) is 20.9. The van der Waals surface area contributed by atoms with Gasteiger partial charge in [-0.15, -0.1) is 0 Å². The van der Waals surface area contributed by atoms with Gasteiger partial charge in [-0.05, 0) is 55.3 Å². The quantitative estimate of drug-likeness (QED) is 0.358. The molecule has 0 aliphatic heterocycles.